The molecule has 0 radical (unpaired) electrons. The maximum absolute atomic E-state index is 11.1. The van der Waals surface area contributed by atoms with Gasteiger partial charge in [-0.25, -0.2) is 0 Å². The second-order valence-electron chi connectivity index (χ2n) is 5.41. The van der Waals surface area contributed by atoms with Crippen LogP contribution in [0.5, 0.6) is 5.75 Å². The minimum absolute atomic E-state index is 0.0776. The largest absolute Gasteiger partial charge is 0.506 e. The summed E-state index contributed by atoms with van der Waals surface area (Å²) in [6, 6.07) is 5.79. The van der Waals surface area contributed by atoms with Gasteiger partial charge in [-0.2, -0.15) is 0 Å². The number of amides is 1. The maximum Gasteiger partial charge on any atom is 0.221 e. The Morgan fingerprint density at radius 2 is 2.15 bits per heavy atom. The molecule has 1 aromatic carbocycles. The number of aliphatic hydroxyl groups is 1. The van der Waals surface area contributed by atoms with E-state index in [0.29, 0.717) is 11.7 Å². The van der Waals surface area contributed by atoms with E-state index in [1.165, 1.54) is 6.92 Å². The summed E-state index contributed by atoms with van der Waals surface area (Å²) in [6.07, 6.45) is 4.02. The second kappa shape index (κ2) is 6.72. The van der Waals surface area contributed by atoms with E-state index >= 15 is 0 Å². The molecule has 1 aliphatic rings. The molecule has 0 aliphatic carbocycles. The molecule has 2 unspecified atom stereocenters. The van der Waals surface area contributed by atoms with Gasteiger partial charge in [0.1, 0.15) is 5.75 Å². The third-order valence-electron chi connectivity index (χ3n) is 3.65. The van der Waals surface area contributed by atoms with Crippen molar-refractivity contribution >= 4 is 11.6 Å². The number of aliphatic hydroxyl groups excluding tert-OH is 1. The highest BCUT2D eigenvalue weighted by molar-refractivity contribution is 5.90. The average molecular weight is 278 g/mol. The van der Waals surface area contributed by atoms with E-state index in [2.05, 4.69) is 10.6 Å². The fraction of sp³-hybridized carbons (Fsp3) is 0.533. The standard InChI is InChI=1S/C15H22N2O3/c1-10(19)16-14-8-11(5-6-15(14)20)7-12-3-2-4-13(9-18)17-12/h5-6,8,12-13,17-18,20H,2-4,7,9H2,1H3,(H,16,19). The molecular weight excluding hydrogens is 256 g/mol. The van der Waals surface area contributed by atoms with E-state index in [1.807, 2.05) is 6.07 Å². The van der Waals surface area contributed by atoms with E-state index in [9.17, 15) is 15.0 Å². The van der Waals surface area contributed by atoms with Crippen LogP contribution in [0.1, 0.15) is 31.7 Å². The van der Waals surface area contributed by atoms with Crippen LogP contribution >= 0.6 is 0 Å². The molecule has 5 heteroatoms. The Hall–Kier alpha value is -1.59. The third kappa shape index (κ3) is 3.95. The van der Waals surface area contributed by atoms with Gasteiger partial charge in [0, 0.05) is 19.0 Å². The average Bonchev–Trinajstić information content (AvgIpc) is 2.42. The van der Waals surface area contributed by atoms with Gasteiger partial charge in [-0.15, -0.1) is 0 Å². The highest BCUT2D eigenvalue weighted by Gasteiger charge is 2.20. The Balaban J connectivity index is 2.03. The Morgan fingerprint density at radius 1 is 1.40 bits per heavy atom. The van der Waals surface area contributed by atoms with Gasteiger partial charge in [0.25, 0.3) is 0 Å². The molecule has 0 aromatic heterocycles. The van der Waals surface area contributed by atoms with Gasteiger partial charge in [0.05, 0.1) is 12.3 Å². The summed E-state index contributed by atoms with van der Waals surface area (Å²) in [7, 11) is 0. The summed E-state index contributed by atoms with van der Waals surface area (Å²) < 4.78 is 0. The van der Waals surface area contributed by atoms with Crippen molar-refractivity contribution in [1.29, 1.82) is 0 Å². The predicted molar refractivity (Wildman–Crippen MR) is 77.8 cm³/mol. The van der Waals surface area contributed by atoms with Crippen LogP contribution in [0.15, 0.2) is 18.2 Å². The fourth-order valence-corrected chi connectivity index (χ4v) is 2.70. The van der Waals surface area contributed by atoms with Crippen molar-refractivity contribution in [2.75, 3.05) is 11.9 Å². The van der Waals surface area contributed by atoms with E-state index in [-0.39, 0.29) is 24.3 Å². The number of phenols is 1. The van der Waals surface area contributed by atoms with Gasteiger partial charge in [-0.3, -0.25) is 4.79 Å². The van der Waals surface area contributed by atoms with Crippen molar-refractivity contribution in [2.24, 2.45) is 0 Å². The number of rotatable bonds is 4. The lowest BCUT2D eigenvalue weighted by Crippen LogP contribution is -2.45. The quantitative estimate of drug-likeness (QED) is 0.627. The van der Waals surface area contributed by atoms with Crippen LogP contribution in [0.25, 0.3) is 0 Å². The summed E-state index contributed by atoms with van der Waals surface area (Å²) >= 11 is 0. The van der Waals surface area contributed by atoms with Crippen molar-refractivity contribution in [1.82, 2.24) is 5.32 Å². The number of hydrogen-bond donors (Lipinski definition) is 4. The molecule has 1 heterocycles. The molecule has 1 amide bonds. The van der Waals surface area contributed by atoms with E-state index in [4.69, 9.17) is 0 Å². The smallest absolute Gasteiger partial charge is 0.221 e. The molecule has 0 saturated carbocycles. The summed E-state index contributed by atoms with van der Waals surface area (Å²) in [6.45, 7) is 1.59. The summed E-state index contributed by atoms with van der Waals surface area (Å²) in [5, 5.41) is 25.0. The number of aromatic hydroxyl groups is 1. The summed E-state index contributed by atoms with van der Waals surface area (Å²) in [4.78, 5) is 11.1. The Bertz CT molecular complexity index is 476. The summed E-state index contributed by atoms with van der Waals surface area (Å²) in [5.41, 5.74) is 1.51. The molecular formula is C15H22N2O3. The van der Waals surface area contributed by atoms with Gasteiger partial charge in [0.2, 0.25) is 5.91 Å². The van der Waals surface area contributed by atoms with Crippen LogP contribution < -0.4 is 10.6 Å². The zero-order valence-electron chi connectivity index (χ0n) is 11.7. The van der Waals surface area contributed by atoms with Crippen molar-refractivity contribution in [2.45, 2.75) is 44.7 Å². The van der Waals surface area contributed by atoms with Crippen LogP contribution in [-0.4, -0.2) is 34.8 Å². The van der Waals surface area contributed by atoms with Gasteiger partial charge in [-0.1, -0.05) is 12.5 Å². The number of carbonyl (C=O) groups excluding carboxylic acids is 1. The number of hydrogen-bond acceptors (Lipinski definition) is 4. The van der Waals surface area contributed by atoms with Gasteiger partial charge in [-0.05, 0) is 37.0 Å². The molecule has 2 atom stereocenters. The van der Waals surface area contributed by atoms with Crippen molar-refractivity contribution in [3.05, 3.63) is 23.8 Å². The predicted octanol–water partition coefficient (Wildman–Crippen LogP) is 1.40. The Kier molecular flexibility index (Phi) is 4.98. The molecule has 20 heavy (non-hydrogen) atoms. The lowest BCUT2D eigenvalue weighted by atomic mass is 9.94. The van der Waals surface area contributed by atoms with Crippen molar-refractivity contribution in [3.63, 3.8) is 0 Å². The first-order valence-electron chi connectivity index (χ1n) is 7.05. The van der Waals surface area contributed by atoms with Gasteiger partial charge >= 0.3 is 0 Å². The van der Waals surface area contributed by atoms with E-state index in [1.54, 1.807) is 12.1 Å². The van der Waals surface area contributed by atoms with Crippen LogP contribution in [0.3, 0.4) is 0 Å². The van der Waals surface area contributed by atoms with Crippen LogP contribution in [0.4, 0.5) is 5.69 Å². The van der Waals surface area contributed by atoms with Gasteiger partial charge in [0.15, 0.2) is 0 Å². The molecule has 4 N–H and O–H groups in total. The molecule has 1 saturated heterocycles. The van der Waals surface area contributed by atoms with Crippen LogP contribution in [0.2, 0.25) is 0 Å². The molecule has 1 aliphatic heterocycles. The number of benzene rings is 1. The molecule has 1 aromatic rings. The lowest BCUT2D eigenvalue weighted by Gasteiger charge is -2.30. The fourth-order valence-electron chi connectivity index (χ4n) is 2.70. The minimum Gasteiger partial charge on any atom is -0.506 e. The Labute approximate surface area is 119 Å². The van der Waals surface area contributed by atoms with Crippen LogP contribution in [-0.2, 0) is 11.2 Å². The number of piperidine rings is 1. The van der Waals surface area contributed by atoms with Gasteiger partial charge < -0.3 is 20.8 Å². The highest BCUT2D eigenvalue weighted by atomic mass is 16.3. The molecule has 110 valence electrons. The zero-order chi connectivity index (χ0) is 14.5. The lowest BCUT2D eigenvalue weighted by molar-refractivity contribution is -0.114. The topological polar surface area (TPSA) is 81.6 Å². The van der Waals surface area contributed by atoms with E-state index < -0.39 is 0 Å². The molecule has 5 nitrogen and oxygen atoms in total. The monoisotopic (exact) mass is 278 g/mol. The molecule has 0 bridgehead atoms. The normalized spacial score (nSPS) is 22.5. The first kappa shape index (κ1) is 14.8. The Morgan fingerprint density at radius 3 is 2.85 bits per heavy atom. The molecule has 0 spiro atoms. The van der Waals surface area contributed by atoms with E-state index in [0.717, 1.165) is 31.2 Å². The third-order valence-corrected chi connectivity index (χ3v) is 3.65. The first-order valence-corrected chi connectivity index (χ1v) is 7.05. The van der Waals surface area contributed by atoms with Crippen molar-refractivity contribution in [3.8, 4) is 5.75 Å². The number of nitrogens with one attached hydrogen (secondary N) is 2. The second-order valence-corrected chi connectivity index (χ2v) is 5.41. The SMILES string of the molecule is CC(=O)Nc1cc(CC2CCCC(CO)N2)ccc1O. The molecule has 2 rings (SSSR count). The molecule has 1 fully saturated rings. The van der Waals surface area contributed by atoms with Crippen LogP contribution in [0, 0.1) is 0 Å². The number of carbonyl (C=O) groups is 1. The van der Waals surface area contributed by atoms with Crippen molar-refractivity contribution < 1.29 is 15.0 Å². The number of anilines is 1. The first-order chi connectivity index (χ1) is 9.58. The maximum atomic E-state index is 11.1. The number of phenolic OH excluding ortho intramolecular Hbond substituents is 1. The zero-order valence-corrected chi connectivity index (χ0v) is 11.7. The summed E-state index contributed by atoms with van der Waals surface area (Å²) in [5.74, 6) is -0.123. The minimum atomic E-state index is -0.200. The highest BCUT2D eigenvalue weighted by Crippen LogP contribution is 2.26.